The van der Waals surface area contributed by atoms with Crippen molar-refractivity contribution >= 4 is 23.2 Å². The number of carbonyl (C=O) groups is 2. The molecule has 6 nitrogen and oxygen atoms in total. The molecule has 0 aromatic heterocycles. The molecule has 3 N–H and O–H groups in total. The number of amides is 1. The van der Waals surface area contributed by atoms with Gasteiger partial charge < -0.3 is 10.6 Å². The van der Waals surface area contributed by atoms with Crippen molar-refractivity contribution in [2.75, 3.05) is 13.1 Å². The molecule has 2 aromatic rings. The third-order valence-electron chi connectivity index (χ3n) is 7.43. The van der Waals surface area contributed by atoms with E-state index in [0.29, 0.717) is 18.5 Å². The maximum Gasteiger partial charge on any atom is 0.330 e. The minimum absolute atomic E-state index is 0.0101. The molecule has 5 atom stereocenters. The van der Waals surface area contributed by atoms with Crippen LogP contribution in [0, 0.1) is 29.7 Å². The third kappa shape index (κ3) is 2.93. The molecule has 3 unspecified atom stereocenters. The Morgan fingerprint density at radius 1 is 1.16 bits per heavy atom. The van der Waals surface area contributed by atoms with E-state index in [-0.39, 0.29) is 33.8 Å². The van der Waals surface area contributed by atoms with Crippen LogP contribution in [0.4, 0.5) is 5.69 Å². The molecular weight excluding hydrogens is 400 g/mol. The van der Waals surface area contributed by atoms with Gasteiger partial charge in [0.25, 0.3) is 0 Å². The van der Waals surface area contributed by atoms with Crippen molar-refractivity contribution in [1.82, 2.24) is 9.38 Å². The van der Waals surface area contributed by atoms with Crippen molar-refractivity contribution in [1.29, 1.82) is 5.41 Å². The Bertz CT molecular complexity index is 1110. The molecule has 6 heteroatoms. The van der Waals surface area contributed by atoms with Gasteiger partial charge in [-0.1, -0.05) is 36.9 Å². The lowest BCUT2D eigenvalue weighted by Crippen LogP contribution is -2.56. The number of quaternary nitrogens is 1. The normalized spacial score (nSPS) is 31.0. The summed E-state index contributed by atoms with van der Waals surface area (Å²) in [7, 11) is 0. The Kier molecular flexibility index (Phi) is 4.78. The predicted molar refractivity (Wildman–Crippen MR) is 124 cm³/mol. The summed E-state index contributed by atoms with van der Waals surface area (Å²) in [6.45, 7) is 9.54. The lowest BCUT2D eigenvalue weighted by Gasteiger charge is -2.33. The number of ketones is 1. The first-order valence-corrected chi connectivity index (χ1v) is 11.0. The minimum Gasteiger partial charge on any atom is -0.384 e. The highest BCUT2D eigenvalue weighted by atomic mass is 16.2. The van der Waals surface area contributed by atoms with Crippen LogP contribution < -0.4 is 10.2 Å². The fourth-order valence-electron chi connectivity index (χ4n) is 5.92. The average molecular weight is 429 g/mol. The van der Waals surface area contributed by atoms with Gasteiger partial charge in [-0.2, -0.15) is 0 Å². The topological polar surface area (TPSA) is 87.2 Å². The van der Waals surface area contributed by atoms with Crippen LogP contribution in [0.15, 0.2) is 66.9 Å². The number of nitrogens with zero attached hydrogens (tertiary/aromatic N) is 2. The molecule has 32 heavy (non-hydrogen) atoms. The summed E-state index contributed by atoms with van der Waals surface area (Å²) in [4.78, 5) is 30.0. The molecule has 2 aromatic carbocycles. The van der Waals surface area contributed by atoms with Gasteiger partial charge in [-0.05, 0) is 31.0 Å². The second kappa shape index (κ2) is 7.41. The molecule has 3 heterocycles. The molecule has 3 fully saturated rings. The maximum atomic E-state index is 14.0. The lowest BCUT2D eigenvalue weighted by molar-refractivity contribution is -0.131. The Morgan fingerprint density at radius 3 is 2.47 bits per heavy atom. The number of nitrogens with one attached hydrogen (secondary N) is 1. The Labute approximate surface area is 188 Å². The number of likely N-dealkylation sites (tertiary alicyclic amines) is 1. The first-order chi connectivity index (χ1) is 15.3. The van der Waals surface area contributed by atoms with Gasteiger partial charge >= 0.3 is 5.91 Å². The van der Waals surface area contributed by atoms with Crippen LogP contribution in [0.25, 0.3) is 0 Å². The summed E-state index contributed by atoms with van der Waals surface area (Å²) in [5.41, 5.74) is 9.03. The monoisotopic (exact) mass is 428 g/mol. The van der Waals surface area contributed by atoms with E-state index >= 15 is 0 Å². The molecule has 3 aliphatic rings. The first-order valence-electron chi connectivity index (χ1n) is 11.0. The molecule has 5 rings (SSSR count). The molecule has 0 aliphatic carbocycles. The van der Waals surface area contributed by atoms with Crippen LogP contribution >= 0.6 is 0 Å². The van der Waals surface area contributed by atoms with E-state index in [2.05, 4.69) is 18.0 Å². The molecule has 1 amide bonds. The highest BCUT2D eigenvalue weighted by Gasteiger charge is 2.71. The number of carbonyl (C=O) groups excluding carboxylic acids is 2. The summed E-state index contributed by atoms with van der Waals surface area (Å²) in [5, 5.41) is 7.69. The Hall–Kier alpha value is -3.25. The van der Waals surface area contributed by atoms with Gasteiger partial charge in [0.15, 0.2) is 6.04 Å². The minimum atomic E-state index is -0.650. The van der Waals surface area contributed by atoms with Crippen LogP contribution in [0.5, 0.6) is 0 Å². The number of rotatable bonds is 5. The number of fused-ring (bicyclic) bond motifs is 3. The van der Waals surface area contributed by atoms with Crippen LogP contribution in [-0.4, -0.2) is 41.6 Å². The zero-order valence-corrected chi connectivity index (χ0v) is 18.2. The number of hydrogen-bond donors (Lipinski definition) is 2. The van der Waals surface area contributed by atoms with Crippen LogP contribution in [0.3, 0.4) is 0 Å². The number of allylic oxidation sites excluding steroid dienone is 1. The van der Waals surface area contributed by atoms with Gasteiger partial charge in [-0.15, -0.1) is 0 Å². The quantitative estimate of drug-likeness (QED) is 0.332. The molecule has 3 aliphatic heterocycles. The van der Waals surface area contributed by atoms with Crippen molar-refractivity contribution in [2.45, 2.75) is 19.4 Å². The summed E-state index contributed by atoms with van der Waals surface area (Å²) in [6.07, 6.45) is 0.433. The molecule has 3 saturated heterocycles. The number of nitrogens with two attached hydrogens (primary N) is 1. The van der Waals surface area contributed by atoms with E-state index in [1.54, 1.807) is 12.1 Å². The van der Waals surface area contributed by atoms with E-state index < -0.39 is 12.0 Å². The van der Waals surface area contributed by atoms with E-state index in [0.717, 1.165) is 23.5 Å². The standard InChI is InChI=1S/C26H28N4O2/c1-16(2)29-13-19-15-30(20-10-8-18(9-11-20)25(27)28)23(22(19)14-29)24(31)21(26(30)32)12-17-6-4-3-5-7-17/h3-11,14,19,21-23H,1,12-13,15H2,2H3,(H3,27,28)/q+1/t19?,21?,22?,23-,30-/m1/s1. The number of hydrogen-bond acceptors (Lipinski definition) is 4. The molecule has 0 spiro atoms. The highest BCUT2D eigenvalue weighted by molar-refractivity contribution is 6.17. The van der Waals surface area contributed by atoms with Crippen LogP contribution in [0.1, 0.15) is 18.1 Å². The van der Waals surface area contributed by atoms with E-state index in [1.807, 2.05) is 49.4 Å². The van der Waals surface area contributed by atoms with Gasteiger partial charge in [0.2, 0.25) is 5.78 Å². The second-order valence-corrected chi connectivity index (χ2v) is 9.31. The summed E-state index contributed by atoms with van der Waals surface area (Å²) in [5.74, 6) is -0.400. The first kappa shape index (κ1) is 20.6. The largest absolute Gasteiger partial charge is 0.384 e. The van der Waals surface area contributed by atoms with E-state index in [9.17, 15) is 9.59 Å². The van der Waals surface area contributed by atoms with E-state index in [1.165, 1.54) is 0 Å². The predicted octanol–water partition coefficient (Wildman–Crippen LogP) is 2.87. The van der Waals surface area contributed by atoms with Crippen molar-refractivity contribution in [2.24, 2.45) is 23.5 Å². The SMILES string of the molecule is C=C(C)N1[CH]C2C(C1)C[N@+]1(c3ccc(C(=N)N)cc3)C(=O)C(Cc3ccccc3)C(=O)[C@@H]21. The molecule has 163 valence electrons. The molecule has 0 bridgehead atoms. The number of amidine groups is 1. The van der Waals surface area contributed by atoms with Crippen molar-refractivity contribution in [3.8, 4) is 0 Å². The smallest absolute Gasteiger partial charge is 0.330 e. The Balaban J connectivity index is 1.57. The number of benzene rings is 2. The fraction of sp³-hybridized carbons (Fsp3) is 0.308. The van der Waals surface area contributed by atoms with Gasteiger partial charge in [-0.3, -0.25) is 10.2 Å². The lowest BCUT2D eigenvalue weighted by atomic mass is 9.86. The highest BCUT2D eigenvalue weighted by Crippen LogP contribution is 2.52. The number of nitrogen functional groups attached to an aromatic ring is 1. The van der Waals surface area contributed by atoms with Crippen molar-refractivity contribution in [3.05, 3.63) is 84.5 Å². The second-order valence-electron chi connectivity index (χ2n) is 9.31. The van der Waals surface area contributed by atoms with Gasteiger partial charge in [0.1, 0.15) is 17.4 Å². The molecule has 0 saturated carbocycles. The van der Waals surface area contributed by atoms with Crippen molar-refractivity contribution < 1.29 is 9.59 Å². The van der Waals surface area contributed by atoms with Gasteiger partial charge in [-0.25, -0.2) is 9.28 Å². The fourth-order valence-corrected chi connectivity index (χ4v) is 5.92. The third-order valence-corrected chi connectivity index (χ3v) is 7.43. The Morgan fingerprint density at radius 2 is 1.84 bits per heavy atom. The van der Waals surface area contributed by atoms with Gasteiger partial charge in [0.05, 0.1) is 19.0 Å². The zero-order valence-electron chi connectivity index (χ0n) is 18.2. The van der Waals surface area contributed by atoms with E-state index in [4.69, 9.17) is 11.1 Å². The molecule has 1 radical (unpaired) electrons. The summed E-state index contributed by atoms with van der Waals surface area (Å²) >= 11 is 0. The zero-order chi connectivity index (χ0) is 22.6. The van der Waals surface area contributed by atoms with Crippen molar-refractivity contribution in [3.63, 3.8) is 0 Å². The average Bonchev–Trinajstić information content (AvgIpc) is 3.39. The summed E-state index contributed by atoms with van der Waals surface area (Å²) in [6, 6.07) is 16.7. The number of Topliss-reactive ketones (excluding diaryl/α,β-unsaturated/α-hetero) is 1. The van der Waals surface area contributed by atoms with Gasteiger partial charge in [0, 0.05) is 35.9 Å². The maximum absolute atomic E-state index is 14.0. The molecular formula is C26H28N4O2+. The van der Waals surface area contributed by atoms with Crippen LogP contribution in [-0.2, 0) is 16.0 Å². The van der Waals surface area contributed by atoms with Crippen LogP contribution in [0.2, 0.25) is 0 Å². The summed E-state index contributed by atoms with van der Waals surface area (Å²) < 4.78 is 0.0738.